The Labute approximate surface area is 103 Å². The highest BCUT2D eigenvalue weighted by molar-refractivity contribution is 9.09. The van der Waals surface area contributed by atoms with E-state index in [-0.39, 0.29) is 0 Å². The molecule has 1 rings (SSSR count). The van der Waals surface area contributed by atoms with Gasteiger partial charge in [-0.1, -0.05) is 15.9 Å². The van der Waals surface area contributed by atoms with Crippen molar-refractivity contribution in [3.63, 3.8) is 0 Å². The number of halogens is 1. The summed E-state index contributed by atoms with van der Waals surface area (Å²) in [4.78, 5) is 0. The monoisotopic (exact) mass is 278 g/mol. The molecule has 1 aromatic carbocycles. The maximum atomic E-state index is 8.82. The zero-order valence-corrected chi connectivity index (χ0v) is 10.3. The van der Waals surface area contributed by atoms with Crippen LogP contribution in [0.5, 0.6) is 5.75 Å². The van der Waals surface area contributed by atoms with Crippen molar-refractivity contribution in [2.45, 2.75) is 12.8 Å². The summed E-state index contributed by atoms with van der Waals surface area (Å²) in [5.74, 6) is 0.644. The normalized spacial score (nSPS) is 9.19. The summed E-state index contributed by atoms with van der Waals surface area (Å²) in [6, 6.07) is 8.87. The van der Waals surface area contributed by atoms with Crippen LogP contribution in [-0.4, -0.2) is 11.9 Å². The second kappa shape index (κ2) is 6.87. The first-order valence-electron chi connectivity index (χ1n) is 4.95. The topological polar surface area (TPSA) is 56.8 Å². The summed E-state index contributed by atoms with van der Waals surface area (Å²) in [5.41, 5.74) is 0.746. The van der Waals surface area contributed by atoms with Gasteiger partial charge in [0.15, 0.2) is 0 Å². The van der Waals surface area contributed by atoms with Gasteiger partial charge in [0.05, 0.1) is 17.7 Å². The predicted molar refractivity (Wildman–Crippen MR) is 64.4 cm³/mol. The molecule has 1 aromatic rings. The van der Waals surface area contributed by atoms with Crippen LogP contribution in [0, 0.1) is 22.7 Å². The Morgan fingerprint density at radius 2 is 1.88 bits per heavy atom. The molecule has 0 aromatic heterocycles. The van der Waals surface area contributed by atoms with Gasteiger partial charge in [0.1, 0.15) is 17.9 Å². The van der Waals surface area contributed by atoms with Crippen molar-refractivity contribution in [2.24, 2.45) is 0 Å². The Bertz CT molecular complexity index is 432. The second-order valence-electron chi connectivity index (χ2n) is 3.18. The zero-order chi connectivity index (χ0) is 11.8. The molecular formula is C12H11BrN2O. The number of ether oxygens (including phenoxy) is 1. The highest BCUT2D eigenvalue weighted by atomic mass is 79.9. The van der Waals surface area contributed by atoms with E-state index in [1.807, 2.05) is 12.1 Å². The van der Waals surface area contributed by atoms with Gasteiger partial charge < -0.3 is 4.74 Å². The van der Waals surface area contributed by atoms with Gasteiger partial charge in [0.25, 0.3) is 0 Å². The van der Waals surface area contributed by atoms with Gasteiger partial charge in [-0.2, -0.15) is 10.5 Å². The molecule has 0 saturated carbocycles. The van der Waals surface area contributed by atoms with E-state index in [0.29, 0.717) is 23.5 Å². The molecule has 0 aliphatic carbocycles. The number of hydrogen-bond acceptors (Lipinski definition) is 3. The van der Waals surface area contributed by atoms with Gasteiger partial charge in [0.2, 0.25) is 0 Å². The molecule has 0 aliphatic rings. The Kier molecular flexibility index (Phi) is 5.39. The highest BCUT2D eigenvalue weighted by Gasteiger charge is 2.03. The van der Waals surface area contributed by atoms with Crippen LogP contribution in [0.3, 0.4) is 0 Å². The summed E-state index contributed by atoms with van der Waals surface area (Å²) < 4.78 is 5.47. The highest BCUT2D eigenvalue weighted by Crippen LogP contribution is 2.17. The van der Waals surface area contributed by atoms with Crippen molar-refractivity contribution in [2.75, 3.05) is 11.9 Å². The van der Waals surface area contributed by atoms with E-state index < -0.39 is 0 Å². The van der Waals surface area contributed by atoms with Gasteiger partial charge in [-0.05, 0) is 31.0 Å². The summed E-state index contributed by atoms with van der Waals surface area (Å²) in [7, 11) is 0. The third-order valence-corrected chi connectivity index (χ3v) is 2.59. The lowest BCUT2D eigenvalue weighted by Crippen LogP contribution is -1.98. The minimum Gasteiger partial charge on any atom is -0.494 e. The van der Waals surface area contributed by atoms with E-state index in [1.165, 1.54) is 0 Å². The van der Waals surface area contributed by atoms with E-state index in [9.17, 15) is 0 Å². The molecule has 0 aliphatic heterocycles. The summed E-state index contributed by atoms with van der Waals surface area (Å²) in [6.07, 6.45) is 2.02. The van der Waals surface area contributed by atoms with E-state index >= 15 is 0 Å². The minimum absolute atomic E-state index is 0.362. The first kappa shape index (κ1) is 12.5. The number of nitrogens with zero attached hydrogens (tertiary/aromatic N) is 2. The van der Waals surface area contributed by atoms with Crippen LogP contribution >= 0.6 is 15.9 Å². The van der Waals surface area contributed by atoms with Crippen molar-refractivity contribution >= 4 is 15.9 Å². The number of benzene rings is 1. The molecule has 0 heterocycles. The Morgan fingerprint density at radius 1 is 1.12 bits per heavy atom. The Morgan fingerprint density at radius 3 is 2.50 bits per heavy atom. The van der Waals surface area contributed by atoms with E-state index in [2.05, 4.69) is 15.9 Å². The van der Waals surface area contributed by atoms with Crippen LogP contribution in [0.1, 0.15) is 24.0 Å². The Balaban J connectivity index is 2.63. The number of rotatable bonds is 5. The third kappa shape index (κ3) is 3.56. The van der Waals surface area contributed by atoms with Crippen LogP contribution < -0.4 is 4.74 Å². The van der Waals surface area contributed by atoms with Crippen molar-refractivity contribution < 1.29 is 4.74 Å². The molecule has 0 atom stereocenters. The van der Waals surface area contributed by atoms with Gasteiger partial charge >= 0.3 is 0 Å². The fraction of sp³-hybridized carbons (Fsp3) is 0.333. The third-order valence-electron chi connectivity index (χ3n) is 2.03. The lowest BCUT2D eigenvalue weighted by atomic mass is 10.1. The molecule has 3 nitrogen and oxygen atoms in total. The van der Waals surface area contributed by atoms with Gasteiger partial charge in [-0.15, -0.1) is 0 Å². The number of alkyl halides is 1. The van der Waals surface area contributed by atoms with Crippen molar-refractivity contribution in [3.05, 3.63) is 29.3 Å². The molecule has 0 saturated heterocycles. The molecule has 0 spiro atoms. The average Bonchev–Trinajstić information content (AvgIpc) is 2.34. The number of nitriles is 2. The molecule has 0 N–H and O–H groups in total. The van der Waals surface area contributed by atoms with Crippen LogP contribution in [0.25, 0.3) is 0 Å². The van der Waals surface area contributed by atoms with Gasteiger partial charge in [0, 0.05) is 5.33 Å². The average molecular weight is 279 g/mol. The van der Waals surface area contributed by atoms with Gasteiger partial charge in [-0.3, -0.25) is 0 Å². The molecule has 0 bridgehead atoms. The van der Waals surface area contributed by atoms with E-state index in [1.54, 1.807) is 18.2 Å². The van der Waals surface area contributed by atoms with Crippen LogP contribution in [0.15, 0.2) is 18.2 Å². The number of unbranched alkanes of at least 4 members (excludes halogenated alkanes) is 1. The molecule has 82 valence electrons. The molecule has 0 radical (unpaired) electrons. The lowest BCUT2D eigenvalue weighted by Gasteiger charge is -2.05. The standard InChI is InChI=1S/C12H11BrN2O/c13-5-1-2-6-16-12-4-3-10(8-14)11(7-12)9-15/h3-4,7H,1-2,5-6H2. The quantitative estimate of drug-likeness (QED) is 0.615. The van der Waals surface area contributed by atoms with Crippen molar-refractivity contribution in [1.29, 1.82) is 10.5 Å². The van der Waals surface area contributed by atoms with Gasteiger partial charge in [-0.25, -0.2) is 0 Å². The van der Waals surface area contributed by atoms with Crippen molar-refractivity contribution in [1.82, 2.24) is 0 Å². The summed E-state index contributed by atoms with van der Waals surface area (Å²) in [5, 5.41) is 18.5. The number of hydrogen-bond donors (Lipinski definition) is 0. The molecule has 0 fully saturated rings. The molecule has 0 unspecified atom stereocenters. The van der Waals surface area contributed by atoms with Crippen molar-refractivity contribution in [3.8, 4) is 17.9 Å². The van der Waals surface area contributed by atoms with Crippen LogP contribution in [-0.2, 0) is 0 Å². The zero-order valence-electron chi connectivity index (χ0n) is 8.74. The van der Waals surface area contributed by atoms with Crippen LogP contribution in [0.4, 0.5) is 0 Å². The molecule has 4 heteroatoms. The smallest absolute Gasteiger partial charge is 0.120 e. The second-order valence-corrected chi connectivity index (χ2v) is 3.97. The van der Waals surface area contributed by atoms with Crippen LogP contribution in [0.2, 0.25) is 0 Å². The lowest BCUT2D eigenvalue weighted by molar-refractivity contribution is 0.310. The maximum absolute atomic E-state index is 8.82. The minimum atomic E-state index is 0.362. The first-order chi connectivity index (χ1) is 7.81. The predicted octanol–water partition coefficient (Wildman–Crippen LogP) is 2.98. The van der Waals surface area contributed by atoms with E-state index in [4.69, 9.17) is 15.3 Å². The fourth-order valence-electron chi connectivity index (χ4n) is 1.19. The molecule has 16 heavy (non-hydrogen) atoms. The molecule has 0 amide bonds. The fourth-order valence-corrected chi connectivity index (χ4v) is 1.59. The first-order valence-corrected chi connectivity index (χ1v) is 6.07. The van der Waals surface area contributed by atoms with E-state index in [0.717, 1.165) is 18.2 Å². The molecular weight excluding hydrogens is 268 g/mol. The SMILES string of the molecule is N#Cc1ccc(OCCCCBr)cc1C#N. The maximum Gasteiger partial charge on any atom is 0.120 e. The summed E-state index contributed by atoms with van der Waals surface area (Å²) >= 11 is 3.34. The largest absolute Gasteiger partial charge is 0.494 e. The Hall–Kier alpha value is -1.52. The summed E-state index contributed by atoms with van der Waals surface area (Å²) in [6.45, 7) is 0.627.